The molecule has 1 amide bonds. The van der Waals surface area contributed by atoms with Crippen LogP contribution >= 0.6 is 0 Å². The number of hydrogen-bond acceptors (Lipinski definition) is 18. The van der Waals surface area contributed by atoms with Gasteiger partial charge < -0.3 is 89.9 Å². The van der Waals surface area contributed by atoms with Crippen molar-refractivity contribution in [1.29, 1.82) is 0 Å². The Labute approximate surface area is 666 Å². The predicted molar refractivity (Wildman–Crippen MR) is 443 cm³/mol. The Morgan fingerprint density at radius 1 is 0.336 bits per heavy atom. The number of aliphatic hydroxyl groups excluding tert-OH is 11. The molecule has 12 N–H and O–H groups in total. The van der Waals surface area contributed by atoms with E-state index >= 15 is 0 Å². The molecule has 0 bridgehead atoms. The van der Waals surface area contributed by atoms with Crippen LogP contribution in [0.25, 0.3) is 0 Å². The zero-order valence-corrected chi connectivity index (χ0v) is 68.7. The van der Waals surface area contributed by atoms with Crippen LogP contribution in [0, 0.1) is 0 Å². The van der Waals surface area contributed by atoms with Crippen LogP contribution in [0.3, 0.4) is 0 Å². The number of amides is 1. The van der Waals surface area contributed by atoms with Gasteiger partial charge in [0, 0.05) is 6.42 Å². The summed E-state index contributed by atoms with van der Waals surface area (Å²) in [4.78, 5) is 13.5. The Morgan fingerprint density at radius 3 is 0.982 bits per heavy atom. The second kappa shape index (κ2) is 70.0. The van der Waals surface area contributed by atoms with Crippen molar-refractivity contribution in [2.75, 3.05) is 26.4 Å². The van der Waals surface area contributed by atoms with E-state index in [0.29, 0.717) is 6.42 Å². The van der Waals surface area contributed by atoms with Crippen molar-refractivity contribution < 1.29 is 89.4 Å². The molecular formula is C91H161NO18. The molecule has 3 aliphatic rings. The second-order valence-electron chi connectivity index (χ2n) is 31.3. The number of carbonyl (C=O) groups excluding carboxylic acids is 1. The quantitative estimate of drug-likeness (QED) is 0.0199. The average molecular weight is 1560 g/mol. The molecule has 0 saturated carbocycles. The summed E-state index contributed by atoms with van der Waals surface area (Å²) >= 11 is 0. The number of rotatable bonds is 71. The van der Waals surface area contributed by atoms with E-state index in [-0.39, 0.29) is 18.9 Å². The van der Waals surface area contributed by atoms with Gasteiger partial charge in [-0.15, -0.1) is 0 Å². The van der Waals surface area contributed by atoms with Crippen LogP contribution in [0.4, 0.5) is 0 Å². The molecule has 3 fully saturated rings. The molecule has 19 nitrogen and oxygen atoms in total. The molecule has 17 unspecified atom stereocenters. The van der Waals surface area contributed by atoms with Crippen LogP contribution in [0.5, 0.6) is 0 Å². The highest BCUT2D eigenvalue weighted by Crippen LogP contribution is 2.33. The zero-order chi connectivity index (χ0) is 79.5. The molecule has 3 saturated heterocycles. The first-order valence-electron chi connectivity index (χ1n) is 44.5. The predicted octanol–water partition coefficient (Wildman–Crippen LogP) is 16.7. The van der Waals surface area contributed by atoms with E-state index in [0.717, 1.165) is 96.3 Å². The van der Waals surface area contributed by atoms with E-state index in [1.54, 1.807) is 6.08 Å². The molecule has 0 aromatic heterocycles. The van der Waals surface area contributed by atoms with E-state index in [4.69, 9.17) is 28.4 Å². The fourth-order valence-corrected chi connectivity index (χ4v) is 14.6. The molecule has 0 aromatic carbocycles. The molecule has 0 spiro atoms. The first-order valence-corrected chi connectivity index (χ1v) is 44.5. The maximum atomic E-state index is 13.5. The van der Waals surface area contributed by atoms with Gasteiger partial charge in [0.25, 0.3) is 0 Å². The fraction of sp³-hybridized carbons (Fsp3) is 0.813. The summed E-state index contributed by atoms with van der Waals surface area (Å²) < 4.78 is 34.5. The van der Waals surface area contributed by atoms with Crippen molar-refractivity contribution >= 4 is 5.91 Å². The van der Waals surface area contributed by atoms with Crippen molar-refractivity contribution in [3.63, 3.8) is 0 Å². The fourth-order valence-electron chi connectivity index (χ4n) is 14.6. The third-order valence-corrected chi connectivity index (χ3v) is 21.6. The lowest BCUT2D eigenvalue weighted by Crippen LogP contribution is -2.66. The maximum absolute atomic E-state index is 13.5. The van der Waals surface area contributed by atoms with Crippen LogP contribution in [0.15, 0.2) is 97.2 Å². The monoisotopic (exact) mass is 1560 g/mol. The number of aliphatic hydroxyl groups is 11. The summed E-state index contributed by atoms with van der Waals surface area (Å²) in [6.07, 6.45) is 69.7. The summed E-state index contributed by atoms with van der Waals surface area (Å²) in [7, 11) is 0. The average Bonchev–Trinajstić information content (AvgIpc) is 0.784. The van der Waals surface area contributed by atoms with E-state index in [9.17, 15) is 61.0 Å². The van der Waals surface area contributed by atoms with Crippen molar-refractivity contribution in [3.8, 4) is 0 Å². The molecule has 3 heterocycles. The summed E-state index contributed by atoms with van der Waals surface area (Å²) in [6.45, 7) is 1.66. The van der Waals surface area contributed by atoms with Gasteiger partial charge in [0.2, 0.25) is 5.91 Å². The first kappa shape index (κ1) is 101. The number of carbonyl (C=O) groups is 1. The van der Waals surface area contributed by atoms with Crippen LogP contribution in [0.2, 0.25) is 0 Å². The molecule has 638 valence electrons. The topological polar surface area (TPSA) is 307 Å². The number of unbranched alkanes of at least 4 members (excludes halogenated alkanes) is 41. The minimum absolute atomic E-state index is 0.240. The van der Waals surface area contributed by atoms with Gasteiger partial charge >= 0.3 is 0 Å². The van der Waals surface area contributed by atoms with Crippen molar-refractivity contribution in [2.24, 2.45) is 0 Å². The Kier molecular flexibility index (Phi) is 64.2. The normalized spacial score (nSPS) is 25.6. The number of nitrogens with one attached hydrogen (secondary N) is 1. The summed E-state index contributed by atoms with van der Waals surface area (Å²) in [5.41, 5.74) is 0. The van der Waals surface area contributed by atoms with Gasteiger partial charge in [0.05, 0.1) is 38.6 Å². The Morgan fingerprint density at radius 2 is 0.627 bits per heavy atom. The first-order chi connectivity index (χ1) is 53.8. The van der Waals surface area contributed by atoms with Gasteiger partial charge in [-0.3, -0.25) is 4.79 Å². The highest BCUT2D eigenvalue weighted by Gasteiger charge is 2.54. The zero-order valence-electron chi connectivity index (χ0n) is 68.7. The van der Waals surface area contributed by atoms with Gasteiger partial charge in [-0.2, -0.15) is 0 Å². The van der Waals surface area contributed by atoms with Gasteiger partial charge in [-0.1, -0.05) is 355 Å². The van der Waals surface area contributed by atoms with Gasteiger partial charge in [-0.25, -0.2) is 0 Å². The summed E-state index contributed by atoms with van der Waals surface area (Å²) in [5, 5.41) is 121. The Balaban J connectivity index is 1.33. The minimum atomic E-state index is -1.98. The minimum Gasteiger partial charge on any atom is -0.394 e. The molecule has 3 aliphatic heterocycles. The number of hydrogen-bond donors (Lipinski definition) is 12. The standard InChI is InChI=1S/C91H161NO18/c1-3-5-7-9-11-13-15-17-19-21-23-25-27-29-31-33-34-35-36-37-38-39-40-41-43-45-47-49-51-53-55-57-59-61-63-65-67-69-79(97)92-74(75(96)68-66-64-62-60-58-56-54-52-50-48-46-44-42-32-30-28-26-24-22-20-18-16-14-12-10-8-6-4-2)73-105-89-85(103)82(100)87(77(71-94)107-89)110-91-86(104)83(101)88(78(72-95)108-91)109-90-84(102)81(99)80(98)76(70-93)106-90/h5,7,11,13,17,19,23,25,29,31,34-35,37-38,66,68,74-78,80-91,93-96,98-104H,3-4,6,8-10,12,14-16,18,20-22,24,26-28,30,32-33,36,39-65,67,69-73H2,1-2H3,(H,92,97)/b7-5-,13-11-,19-17-,25-23-,31-29-,35-34-,38-37-,68-66+. The van der Waals surface area contributed by atoms with Crippen LogP contribution in [-0.2, 0) is 33.2 Å². The number of allylic oxidation sites excluding steroid dienone is 15. The third-order valence-electron chi connectivity index (χ3n) is 21.6. The largest absolute Gasteiger partial charge is 0.394 e. The molecule has 19 heteroatoms. The van der Waals surface area contributed by atoms with Crippen molar-refractivity contribution in [1.82, 2.24) is 5.32 Å². The van der Waals surface area contributed by atoms with E-state index in [1.807, 2.05) is 6.08 Å². The molecule has 0 aliphatic carbocycles. The van der Waals surface area contributed by atoms with Gasteiger partial charge in [0.15, 0.2) is 18.9 Å². The van der Waals surface area contributed by atoms with Crippen LogP contribution < -0.4 is 5.32 Å². The highest BCUT2D eigenvalue weighted by atomic mass is 16.8. The van der Waals surface area contributed by atoms with Gasteiger partial charge in [0.1, 0.15) is 73.2 Å². The maximum Gasteiger partial charge on any atom is 0.220 e. The molecule has 0 radical (unpaired) electrons. The second-order valence-corrected chi connectivity index (χ2v) is 31.3. The lowest BCUT2D eigenvalue weighted by Gasteiger charge is -2.48. The third kappa shape index (κ3) is 48.3. The van der Waals surface area contributed by atoms with Crippen LogP contribution in [-0.4, -0.2) is 193 Å². The summed E-state index contributed by atoms with van der Waals surface area (Å²) in [6, 6.07) is -0.980. The Hall–Kier alpha value is -3.29. The number of ether oxygens (including phenoxy) is 6. The van der Waals surface area contributed by atoms with E-state index in [1.165, 1.54) is 218 Å². The summed E-state index contributed by atoms with van der Waals surface area (Å²) in [5.74, 6) is -0.274. The molecule has 0 aromatic rings. The molecule has 3 rings (SSSR count). The van der Waals surface area contributed by atoms with Crippen molar-refractivity contribution in [3.05, 3.63) is 97.2 Å². The van der Waals surface area contributed by atoms with Crippen LogP contribution in [0.1, 0.15) is 341 Å². The molecular weight excluding hydrogens is 1390 g/mol. The van der Waals surface area contributed by atoms with E-state index in [2.05, 4.69) is 104 Å². The lowest BCUT2D eigenvalue weighted by atomic mass is 9.96. The lowest BCUT2D eigenvalue weighted by molar-refractivity contribution is -0.379. The smallest absolute Gasteiger partial charge is 0.220 e. The van der Waals surface area contributed by atoms with Gasteiger partial charge in [-0.05, 0) is 77.0 Å². The Bertz CT molecular complexity index is 2360. The molecule has 17 atom stereocenters. The van der Waals surface area contributed by atoms with E-state index < -0.39 is 124 Å². The molecule has 110 heavy (non-hydrogen) atoms. The SMILES string of the molecule is CC/C=C\C/C=C\C/C=C\C/C=C\C/C=C\C/C=C\C/C=C\CCCCCCCCCCCCCCCCCC(=O)NC(COC1OC(CO)C(OC2OC(CO)C(OC3OC(CO)C(O)C(O)C3O)C(O)C2O)C(O)C1O)C(O)/C=C/CCCCCCCCCCCCCCCCCCCCCCCCCCCC. The highest BCUT2D eigenvalue weighted by molar-refractivity contribution is 5.76. The van der Waals surface area contributed by atoms with Crippen molar-refractivity contribution in [2.45, 2.75) is 446 Å².